The summed E-state index contributed by atoms with van der Waals surface area (Å²) in [5, 5.41) is 12.0. The van der Waals surface area contributed by atoms with Crippen LogP contribution in [0.25, 0.3) is 0 Å². The van der Waals surface area contributed by atoms with Crippen LogP contribution in [0.15, 0.2) is 28.9 Å². The van der Waals surface area contributed by atoms with Crippen molar-refractivity contribution in [2.75, 3.05) is 19.0 Å². The fourth-order valence-electron chi connectivity index (χ4n) is 1.59. The van der Waals surface area contributed by atoms with Gasteiger partial charge in [-0.05, 0) is 35.0 Å². The largest absolute Gasteiger partial charge is 0.497 e. The molecule has 0 saturated carbocycles. The van der Waals surface area contributed by atoms with Crippen molar-refractivity contribution in [3.8, 4) is 23.4 Å². The number of hydrogen-bond acceptors (Lipinski definition) is 6. The topological polar surface area (TPSA) is 80.1 Å². The van der Waals surface area contributed by atoms with Gasteiger partial charge in [-0.3, -0.25) is 0 Å². The molecule has 0 bridgehead atoms. The first-order chi connectivity index (χ1) is 10.2. The highest BCUT2D eigenvalue weighted by atomic mass is 79.9. The summed E-state index contributed by atoms with van der Waals surface area (Å²) in [6, 6.07) is 6.99. The van der Waals surface area contributed by atoms with E-state index in [4.69, 9.17) is 14.7 Å². The number of nitrogens with one attached hydrogen (secondary N) is 1. The molecule has 108 valence electrons. The molecule has 0 aliphatic carbocycles. The zero-order valence-electron chi connectivity index (χ0n) is 11.6. The van der Waals surface area contributed by atoms with Gasteiger partial charge in [0.05, 0.1) is 29.4 Å². The second-order valence-electron chi connectivity index (χ2n) is 3.99. The van der Waals surface area contributed by atoms with Gasteiger partial charge in [-0.2, -0.15) is 10.2 Å². The van der Waals surface area contributed by atoms with Gasteiger partial charge in [0.25, 0.3) is 0 Å². The molecule has 7 heteroatoms. The Kier molecular flexibility index (Phi) is 4.95. The highest BCUT2D eigenvalue weighted by molar-refractivity contribution is 9.10. The summed E-state index contributed by atoms with van der Waals surface area (Å²) in [4.78, 5) is 8.36. The number of rotatable bonds is 5. The number of aromatic nitrogens is 2. The number of methoxy groups -OCH3 is 1. The number of nitriles is 1. The molecule has 2 aromatic rings. The van der Waals surface area contributed by atoms with Crippen molar-refractivity contribution in [2.45, 2.75) is 6.92 Å². The average molecular weight is 349 g/mol. The van der Waals surface area contributed by atoms with Crippen LogP contribution in [-0.4, -0.2) is 23.6 Å². The van der Waals surface area contributed by atoms with Gasteiger partial charge in [0, 0.05) is 12.6 Å². The Balaban J connectivity index is 2.33. The second kappa shape index (κ2) is 6.90. The van der Waals surface area contributed by atoms with Gasteiger partial charge in [0.2, 0.25) is 11.8 Å². The summed E-state index contributed by atoms with van der Waals surface area (Å²) in [7, 11) is 1.53. The quantitative estimate of drug-likeness (QED) is 0.892. The summed E-state index contributed by atoms with van der Waals surface area (Å²) in [5.41, 5.74) is 0.446. The Hall–Kier alpha value is -2.33. The van der Waals surface area contributed by atoms with Crippen molar-refractivity contribution in [2.24, 2.45) is 0 Å². The predicted octanol–water partition coefficient (Wildman–Crippen LogP) is 3.34. The predicted molar refractivity (Wildman–Crippen MR) is 81.7 cm³/mol. The van der Waals surface area contributed by atoms with E-state index in [1.165, 1.54) is 7.11 Å². The number of hydrogen-bond donors (Lipinski definition) is 1. The first-order valence-corrected chi connectivity index (χ1v) is 6.99. The minimum atomic E-state index is 0.359. The zero-order chi connectivity index (χ0) is 15.2. The molecule has 2 rings (SSSR count). The Bertz CT molecular complexity index is 685. The van der Waals surface area contributed by atoms with E-state index in [9.17, 15) is 0 Å². The van der Waals surface area contributed by atoms with Crippen molar-refractivity contribution in [1.82, 2.24) is 9.97 Å². The van der Waals surface area contributed by atoms with Gasteiger partial charge in [0.1, 0.15) is 11.5 Å². The fourth-order valence-corrected chi connectivity index (χ4v) is 1.86. The molecule has 0 radical (unpaired) electrons. The minimum absolute atomic E-state index is 0.359. The number of benzene rings is 1. The molecule has 0 amide bonds. The first-order valence-electron chi connectivity index (χ1n) is 6.19. The Labute approximate surface area is 130 Å². The van der Waals surface area contributed by atoms with Gasteiger partial charge < -0.3 is 14.8 Å². The lowest BCUT2D eigenvalue weighted by Gasteiger charge is -2.10. The van der Waals surface area contributed by atoms with Gasteiger partial charge >= 0.3 is 0 Å². The van der Waals surface area contributed by atoms with Crippen LogP contribution < -0.4 is 14.8 Å². The van der Waals surface area contributed by atoms with E-state index in [1.54, 1.807) is 24.4 Å². The Morgan fingerprint density at radius 2 is 2.10 bits per heavy atom. The monoisotopic (exact) mass is 348 g/mol. The Morgan fingerprint density at radius 3 is 2.76 bits per heavy atom. The van der Waals surface area contributed by atoms with Gasteiger partial charge in [-0.15, -0.1) is 0 Å². The molecule has 0 aliphatic heterocycles. The van der Waals surface area contributed by atoms with E-state index in [0.29, 0.717) is 39.9 Å². The maximum absolute atomic E-state index is 9.01. The second-order valence-corrected chi connectivity index (χ2v) is 4.84. The summed E-state index contributed by atoms with van der Waals surface area (Å²) in [6.45, 7) is 2.66. The van der Waals surface area contributed by atoms with Crippen LogP contribution in [0.4, 0.5) is 5.95 Å². The molecule has 1 heterocycles. The van der Waals surface area contributed by atoms with E-state index in [-0.39, 0.29) is 0 Å². The zero-order valence-corrected chi connectivity index (χ0v) is 13.1. The van der Waals surface area contributed by atoms with Gasteiger partial charge in [-0.1, -0.05) is 0 Å². The smallest absolute Gasteiger partial charge is 0.238 e. The molecule has 0 spiro atoms. The Morgan fingerprint density at radius 1 is 1.33 bits per heavy atom. The van der Waals surface area contributed by atoms with Crippen molar-refractivity contribution < 1.29 is 9.47 Å². The van der Waals surface area contributed by atoms with Crippen LogP contribution in [0.2, 0.25) is 0 Å². The van der Waals surface area contributed by atoms with E-state index >= 15 is 0 Å². The molecule has 0 unspecified atom stereocenters. The van der Waals surface area contributed by atoms with Crippen LogP contribution in [0.3, 0.4) is 0 Å². The van der Waals surface area contributed by atoms with Crippen molar-refractivity contribution in [3.63, 3.8) is 0 Å². The number of anilines is 1. The third kappa shape index (κ3) is 3.83. The van der Waals surface area contributed by atoms with Crippen molar-refractivity contribution in [3.05, 3.63) is 34.4 Å². The van der Waals surface area contributed by atoms with E-state index in [1.807, 2.05) is 6.92 Å². The SMILES string of the molecule is CCNc1ncc(Br)c(Oc2cc(C#N)cc(OC)c2)n1. The highest BCUT2D eigenvalue weighted by Gasteiger charge is 2.09. The molecule has 0 atom stereocenters. The molecule has 6 nitrogen and oxygen atoms in total. The van der Waals surface area contributed by atoms with Crippen LogP contribution in [-0.2, 0) is 0 Å². The molecule has 1 aromatic heterocycles. The van der Waals surface area contributed by atoms with Gasteiger partial charge in [0.15, 0.2) is 0 Å². The van der Waals surface area contributed by atoms with Crippen molar-refractivity contribution in [1.29, 1.82) is 5.26 Å². The minimum Gasteiger partial charge on any atom is -0.497 e. The van der Waals surface area contributed by atoms with Crippen LogP contribution in [0.1, 0.15) is 12.5 Å². The maximum atomic E-state index is 9.01. The third-order valence-corrected chi connectivity index (χ3v) is 3.05. The summed E-state index contributed by atoms with van der Waals surface area (Å²) in [6.07, 6.45) is 1.60. The normalized spacial score (nSPS) is 9.81. The summed E-state index contributed by atoms with van der Waals surface area (Å²) >= 11 is 3.34. The van der Waals surface area contributed by atoms with E-state index in [0.717, 1.165) is 0 Å². The number of ether oxygens (including phenoxy) is 2. The lowest BCUT2D eigenvalue weighted by Crippen LogP contribution is -2.03. The lowest BCUT2D eigenvalue weighted by molar-refractivity contribution is 0.406. The third-order valence-electron chi connectivity index (χ3n) is 2.51. The fraction of sp³-hybridized carbons (Fsp3) is 0.214. The molecule has 1 aromatic carbocycles. The van der Waals surface area contributed by atoms with Crippen molar-refractivity contribution >= 4 is 21.9 Å². The standard InChI is InChI=1S/C14H13BrN4O2/c1-3-17-14-18-8-12(15)13(19-14)21-11-5-9(7-16)4-10(6-11)20-2/h4-6,8H,3H2,1-2H3,(H,17,18,19). The maximum Gasteiger partial charge on any atom is 0.238 e. The summed E-state index contributed by atoms with van der Waals surface area (Å²) < 4.78 is 11.5. The van der Waals surface area contributed by atoms with E-state index < -0.39 is 0 Å². The molecular weight excluding hydrogens is 336 g/mol. The number of nitrogens with zero attached hydrogens (tertiary/aromatic N) is 3. The molecule has 0 aliphatic rings. The first kappa shape index (κ1) is 15.1. The number of halogens is 1. The average Bonchev–Trinajstić information content (AvgIpc) is 2.50. The molecule has 0 fully saturated rings. The van der Waals surface area contributed by atoms with Gasteiger partial charge in [-0.25, -0.2) is 4.98 Å². The van der Waals surface area contributed by atoms with Crippen LogP contribution in [0.5, 0.6) is 17.4 Å². The molecule has 21 heavy (non-hydrogen) atoms. The molecular formula is C14H13BrN4O2. The van der Waals surface area contributed by atoms with Crippen LogP contribution >= 0.6 is 15.9 Å². The lowest BCUT2D eigenvalue weighted by atomic mass is 10.2. The molecule has 0 saturated heterocycles. The molecule has 1 N–H and O–H groups in total. The van der Waals surface area contributed by atoms with E-state index in [2.05, 4.69) is 37.3 Å². The highest BCUT2D eigenvalue weighted by Crippen LogP contribution is 2.30. The van der Waals surface area contributed by atoms with Crippen LogP contribution in [0, 0.1) is 11.3 Å². The summed E-state index contributed by atoms with van der Waals surface area (Å²) in [5.74, 6) is 1.84.